The Hall–Kier alpha value is -0.570. The van der Waals surface area contributed by atoms with Gasteiger partial charge in [-0.15, -0.1) is 0 Å². The Kier molecular flexibility index (Phi) is 2.83. The summed E-state index contributed by atoms with van der Waals surface area (Å²) in [6.07, 6.45) is 8.16. The van der Waals surface area contributed by atoms with E-state index < -0.39 is 0 Å². The van der Waals surface area contributed by atoms with Crippen molar-refractivity contribution in [2.24, 2.45) is 5.92 Å². The monoisotopic (exact) mass is 196 g/mol. The molecule has 0 unspecified atom stereocenters. The van der Waals surface area contributed by atoms with Crippen LogP contribution in [0.25, 0.3) is 0 Å². The van der Waals surface area contributed by atoms with Crippen LogP contribution in [0.1, 0.15) is 37.8 Å². The van der Waals surface area contributed by atoms with Crippen molar-refractivity contribution in [2.75, 3.05) is 5.73 Å². The zero-order valence-electron chi connectivity index (χ0n) is 7.83. The maximum Gasteiger partial charge on any atom is 0.107 e. The van der Waals surface area contributed by atoms with Gasteiger partial charge in [0.05, 0.1) is 5.69 Å². The first-order valence-corrected chi connectivity index (χ1v) is 5.83. The minimum atomic E-state index is 0.853. The summed E-state index contributed by atoms with van der Waals surface area (Å²) in [4.78, 5) is 0. The van der Waals surface area contributed by atoms with Crippen LogP contribution in [0.15, 0.2) is 6.07 Å². The first-order chi connectivity index (χ1) is 6.34. The van der Waals surface area contributed by atoms with E-state index in [1.165, 1.54) is 49.3 Å². The van der Waals surface area contributed by atoms with E-state index in [9.17, 15) is 0 Å². The molecule has 0 bridgehead atoms. The number of anilines is 1. The smallest absolute Gasteiger partial charge is 0.107 e. The number of hydrogen-bond donors (Lipinski definition) is 1. The number of nitrogens with two attached hydrogens (primary N) is 1. The van der Waals surface area contributed by atoms with Gasteiger partial charge in [0.25, 0.3) is 0 Å². The second-order valence-corrected chi connectivity index (χ2v) is 4.77. The Bertz CT molecular complexity index is 264. The third-order valence-corrected chi connectivity index (χ3v) is 3.45. The van der Waals surface area contributed by atoms with Gasteiger partial charge in [-0.25, -0.2) is 0 Å². The SMILES string of the molecule is Nc1cc(CC2CCCCC2)ns1. The Balaban J connectivity index is 1.89. The first kappa shape index (κ1) is 9.00. The zero-order valence-corrected chi connectivity index (χ0v) is 8.65. The molecule has 0 aliphatic heterocycles. The number of rotatable bonds is 2. The van der Waals surface area contributed by atoms with Gasteiger partial charge in [-0.3, -0.25) is 0 Å². The standard InChI is InChI=1S/C10H16N2S/c11-10-7-9(12-13-10)6-8-4-2-1-3-5-8/h7-8H,1-6,11H2. The van der Waals surface area contributed by atoms with Crippen LogP contribution in [-0.4, -0.2) is 4.37 Å². The van der Waals surface area contributed by atoms with E-state index in [-0.39, 0.29) is 0 Å². The Morgan fingerprint density at radius 3 is 2.77 bits per heavy atom. The molecule has 1 aliphatic carbocycles. The van der Waals surface area contributed by atoms with Crippen molar-refractivity contribution in [3.63, 3.8) is 0 Å². The molecule has 72 valence electrons. The quantitative estimate of drug-likeness (QED) is 0.790. The summed E-state index contributed by atoms with van der Waals surface area (Å²) >= 11 is 1.42. The fourth-order valence-electron chi connectivity index (χ4n) is 2.11. The molecule has 1 fully saturated rings. The maximum atomic E-state index is 5.64. The highest BCUT2D eigenvalue weighted by Crippen LogP contribution is 2.27. The summed E-state index contributed by atoms with van der Waals surface area (Å²) in [7, 11) is 0. The topological polar surface area (TPSA) is 38.9 Å². The highest BCUT2D eigenvalue weighted by molar-refractivity contribution is 7.10. The van der Waals surface area contributed by atoms with Crippen LogP contribution in [0.2, 0.25) is 0 Å². The lowest BCUT2D eigenvalue weighted by Crippen LogP contribution is -2.09. The van der Waals surface area contributed by atoms with E-state index >= 15 is 0 Å². The summed E-state index contributed by atoms with van der Waals surface area (Å²) in [6, 6.07) is 2.03. The minimum absolute atomic E-state index is 0.853. The van der Waals surface area contributed by atoms with Crippen LogP contribution in [0.5, 0.6) is 0 Å². The molecule has 0 aromatic carbocycles. The normalized spacial score (nSPS) is 19.1. The molecular formula is C10H16N2S. The second kappa shape index (κ2) is 4.09. The van der Waals surface area contributed by atoms with Gasteiger partial charge in [-0.1, -0.05) is 32.1 Å². The van der Waals surface area contributed by atoms with Gasteiger partial charge in [0, 0.05) is 0 Å². The molecule has 1 saturated carbocycles. The summed E-state index contributed by atoms with van der Waals surface area (Å²) in [5.41, 5.74) is 6.84. The van der Waals surface area contributed by atoms with E-state index in [1.807, 2.05) is 6.07 Å². The van der Waals surface area contributed by atoms with Crippen molar-refractivity contribution < 1.29 is 0 Å². The maximum absolute atomic E-state index is 5.64. The van der Waals surface area contributed by atoms with Crippen LogP contribution in [0.4, 0.5) is 5.00 Å². The van der Waals surface area contributed by atoms with Gasteiger partial charge in [-0.2, -0.15) is 4.37 Å². The fraction of sp³-hybridized carbons (Fsp3) is 0.700. The van der Waals surface area contributed by atoms with Crippen LogP contribution in [0, 0.1) is 5.92 Å². The molecule has 1 heterocycles. The van der Waals surface area contributed by atoms with Crippen LogP contribution >= 0.6 is 11.5 Å². The van der Waals surface area contributed by atoms with Gasteiger partial charge in [0.15, 0.2) is 0 Å². The molecule has 0 radical (unpaired) electrons. The molecule has 2 rings (SSSR count). The van der Waals surface area contributed by atoms with Gasteiger partial charge >= 0.3 is 0 Å². The number of aromatic nitrogens is 1. The molecule has 1 aromatic heterocycles. The largest absolute Gasteiger partial charge is 0.389 e. The average molecular weight is 196 g/mol. The zero-order chi connectivity index (χ0) is 9.10. The molecule has 1 aliphatic rings. The van der Waals surface area contributed by atoms with Crippen molar-refractivity contribution >= 4 is 16.5 Å². The van der Waals surface area contributed by atoms with Crippen LogP contribution in [0.3, 0.4) is 0 Å². The number of nitrogens with zero attached hydrogens (tertiary/aromatic N) is 1. The van der Waals surface area contributed by atoms with Crippen molar-refractivity contribution in [3.05, 3.63) is 11.8 Å². The third kappa shape index (κ3) is 2.44. The van der Waals surface area contributed by atoms with Gasteiger partial charge in [0.1, 0.15) is 5.00 Å². The first-order valence-electron chi connectivity index (χ1n) is 5.05. The van der Waals surface area contributed by atoms with Crippen molar-refractivity contribution in [1.82, 2.24) is 4.37 Å². The van der Waals surface area contributed by atoms with E-state index in [1.54, 1.807) is 0 Å². The lowest BCUT2D eigenvalue weighted by molar-refractivity contribution is 0.355. The molecule has 2 N–H and O–H groups in total. The Morgan fingerprint density at radius 1 is 1.38 bits per heavy atom. The fourth-order valence-corrected chi connectivity index (χ4v) is 2.65. The molecule has 0 saturated heterocycles. The average Bonchev–Trinajstić information content (AvgIpc) is 2.53. The van der Waals surface area contributed by atoms with Gasteiger partial charge in [0.2, 0.25) is 0 Å². The van der Waals surface area contributed by atoms with E-state index in [0.29, 0.717) is 0 Å². The lowest BCUT2D eigenvalue weighted by Gasteiger charge is -2.20. The summed E-state index contributed by atoms with van der Waals surface area (Å²) in [5.74, 6) is 0.871. The summed E-state index contributed by atoms with van der Waals surface area (Å²) in [5, 5.41) is 0.853. The molecule has 0 spiro atoms. The minimum Gasteiger partial charge on any atom is -0.389 e. The highest BCUT2D eigenvalue weighted by atomic mass is 32.1. The molecule has 0 amide bonds. The van der Waals surface area contributed by atoms with Crippen molar-refractivity contribution in [1.29, 1.82) is 0 Å². The summed E-state index contributed by atoms with van der Waals surface area (Å²) in [6.45, 7) is 0. The van der Waals surface area contributed by atoms with E-state index in [4.69, 9.17) is 5.73 Å². The number of hydrogen-bond acceptors (Lipinski definition) is 3. The lowest BCUT2D eigenvalue weighted by atomic mass is 9.86. The Morgan fingerprint density at radius 2 is 2.15 bits per heavy atom. The van der Waals surface area contributed by atoms with E-state index in [0.717, 1.165) is 17.3 Å². The molecular weight excluding hydrogens is 180 g/mol. The van der Waals surface area contributed by atoms with E-state index in [2.05, 4.69) is 4.37 Å². The predicted octanol–water partition coefficient (Wildman–Crippen LogP) is 2.85. The summed E-state index contributed by atoms with van der Waals surface area (Å²) < 4.78 is 4.33. The molecule has 13 heavy (non-hydrogen) atoms. The highest BCUT2D eigenvalue weighted by Gasteiger charge is 2.14. The third-order valence-electron chi connectivity index (χ3n) is 2.80. The van der Waals surface area contributed by atoms with Crippen LogP contribution in [-0.2, 0) is 6.42 Å². The van der Waals surface area contributed by atoms with Gasteiger partial charge in [-0.05, 0) is 29.9 Å². The molecule has 2 nitrogen and oxygen atoms in total. The predicted molar refractivity (Wildman–Crippen MR) is 56.8 cm³/mol. The second-order valence-electron chi connectivity index (χ2n) is 3.93. The van der Waals surface area contributed by atoms with Crippen molar-refractivity contribution in [2.45, 2.75) is 38.5 Å². The molecule has 0 atom stereocenters. The van der Waals surface area contributed by atoms with Crippen molar-refractivity contribution in [3.8, 4) is 0 Å². The molecule has 1 aromatic rings. The molecule has 3 heteroatoms. The van der Waals surface area contributed by atoms with Gasteiger partial charge < -0.3 is 5.73 Å². The number of nitrogen functional groups attached to an aromatic ring is 1. The Labute approximate surface area is 83.3 Å². The van der Waals surface area contributed by atoms with Crippen LogP contribution < -0.4 is 5.73 Å².